The van der Waals surface area contributed by atoms with E-state index in [0.717, 1.165) is 5.69 Å². The largest absolute Gasteiger partial charge is 0.383 e. The number of methoxy groups -OCH3 is 1. The first-order valence-corrected chi connectivity index (χ1v) is 5.86. The summed E-state index contributed by atoms with van der Waals surface area (Å²) in [6, 6.07) is -0.161. The van der Waals surface area contributed by atoms with Crippen LogP contribution < -0.4 is 5.32 Å². The number of alkyl halides is 1. The van der Waals surface area contributed by atoms with Crippen molar-refractivity contribution in [2.75, 3.05) is 19.6 Å². The van der Waals surface area contributed by atoms with E-state index >= 15 is 0 Å². The van der Waals surface area contributed by atoms with Gasteiger partial charge in [-0.25, -0.2) is 4.98 Å². The van der Waals surface area contributed by atoms with Gasteiger partial charge in [0.15, 0.2) is 0 Å². The van der Waals surface area contributed by atoms with Gasteiger partial charge in [-0.05, 0) is 6.92 Å². The minimum atomic E-state index is -0.161. The zero-order valence-corrected chi connectivity index (χ0v) is 10.2. The molecule has 0 saturated heterocycles. The van der Waals surface area contributed by atoms with Crippen LogP contribution in [0.3, 0.4) is 0 Å². The number of carbonyl (C=O) groups is 1. The van der Waals surface area contributed by atoms with E-state index in [1.165, 1.54) is 11.3 Å². The first-order valence-electron chi connectivity index (χ1n) is 4.45. The third-order valence-electron chi connectivity index (χ3n) is 1.84. The number of rotatable bonds is 5. The van der Waals surface area contributed by atoms with Gasteiger partial charge in [-0.1, -0.05) is 0 Å². The van der Waals surface area contributed by atoms with Gasteiger partial charge in [0.05, 0.1) is 23.9 Å². The molecule has 1 aromatic heterocycles. The molecule has 0 spiro atoms. The lowest BCUT2D eigenvalue weighted by atomic mass is 10.3. The minimum absolute atomic E-state index is 0.141. The van der Waals surface area contributed by atoms with Crippen molar-refractivity contribution in [3.8, 4) is 0 Å². The molecule has 0 aromatic carbocycles. The monoisotopic (exact) mass is 248 g/mol. The Morgan fingerprint density at radius 2 is 2.53 bits per heavy atom. The summed E-state index contributed by atoms with van der Waals surface area (Å²) in [7, 11) is 1.57. The second-order valence-corrected chi connectivity index (χ2v) is 4.21. The lowest BCUT2D eigenvalue weighted by Crippen LogP contribution is -2.39. The molecule has 0 aliphatic heterocycles. The van der Waals surface area contributed by atoms with E-state index in [4.69, 9.17) is 16.3 Å². The number of carbonyl (C=O) groups excluding carboxylic acids is 1. The summed E-state index contributed by atoms with van der Waals surface area (Å²) in [5.41, 5.74) is 2.39. The van der Waals surface area contributed by atoms with Crippen LogP contribution in [0.1, 0.15) is 15.4 Å². The Balaban J connectivity index is 2.58. The highest BCUT2D eigenvalue weighted by Crippen LogP contribution is 2.11. The Kier molecular flexibility index (Phi) is 5.01. The average Bonchev–Trinajstić information content (AvgIpc) is 2.63. The second kappa shape index (κ2) is 6.05. The molecule has 0 bridgehead atoms. The number of amides is 1. The number of hydrogen-bond acceptors (Lipinski definition) is 4. The second-order valence-electron chi connectivity index (χ2n) is 3.05. The number of aryl methyl sites for hydroxylation is 1. The molecule has 0 radical (unpaired) electrons. The third-order valence-corrected chi connectivity index (χ3v) is 3.14. The van der Waals surface area contributed by atoms with Gasteiger partial charge in [-0.2, -0.15) is 0 Å². The summed E-state index contributed by atoms with van der Waals surface area (Å²) in [5.74, 6) is 0.190. The molecule has 1 atom stereocenters. The van der Waals surface area contributed by atoms with Gasteiger partial charge in [0.2, 0.25) is 0 Å². The van der Waals surface area contributed by atoms with E-state index in [0.29, 0.717) is 17.4 Å². The van der Waals surface area contributed by atoms with E-state index in [1.54, 1.807) is 19.5 Å². The normalized spacial score (nSPS) is 12.5. The van der Waals surface area contributed by atoms with Gasteiger partial charge in [0, 0.05) is 13.0 Å². The quantitative estimate of drug-likeness (QED) is 0.803. The molecule has 0 fully saturated rings. The number of hydrogen-bond donors (Lipinski definition) is 1. The maximum Gasteiger partial charge on any atom is 0.263 e. The fourth-order valence-corrected chi connectivity index (χ4v) is 1.97. The lowest BCUT2D eigenvalue weighted by molar-refractivity contribution is 0.0910. The molecular weight excluding hydrogens is 236 g/mol. The van der Waals surface area contributed by atoms with Gasteiger partial charge in [-0.15, -0.1) is 22.9 Å². The number of aromatic nitrogens is 1. The number of ether oxygens (including phenoxy) is 1. The molecule has 0 saturated carbocycles. The van der Waals surface area contributed by atoms with Gasteiger partial charge < -0.3 is 10.1 Å². The molecule has 0 aliphatic carbocycles. The summed E-state index contributed by atoms with van der Waals surface area (Å²) in [6.07, 6.45) is 0. The molecule has 0 aliphatic rings. The maximum absolute atomic E-state index is 11.7. The molecule has 4 nitrogen and oxygen atoms in total. The summed E-state index contributed by atoms with van der Waals surface area (Å²) in [6.45, 7) is 2.21. The molecule has 1 aromatic rings. The number of nitrogens with one attached hydrogen (secondary N) is 1. The predicted molar refractivity (Wildman–Crippen MR) is 60.7 cm³/mol. The number of thiazole rings is 1. The van der Waals surface area contributed by atoms with Crippen LogP contribution in [0.5, 0.6) is 0 Å². The standard InChI is InChI=1S/C9H13ClN2O2S/c1-6-8(15-5-11-6)9(13)12-7(3-10)4-14-2/h5,7H,3-4H2,1-2H3,(H,12,13). The molecule has 84 valence electrons. The van der Waals surface area contributed by atoms with E-state index in [9.17, 15) is 4.79 Å². The fourth-order valence-electron chi connectivity index (χ4n) is 1.10. The van der Waals surface area contributed by atoms with Crippen LogP contribution in [0.4, 0.5) is 0 Å². The van der Waals surface area contributed by atoms with E-state index in [-0.39, 0.29) is 11.9 Å². The van der Waals surface area contributed by atoms with Crippen LogP contribution in [-0.4, -0.2) is 36.5 Å². The molecular formula is C9H13ClN2O2S. The van der Waals surface area contributed by atoms with Crippen LogP contribution in [0, 0.1) is 6.92 Å². The lowest BCUT2D eigenvalue weighted by Gasteiger charge is -2.14. The van der Waals surface area contributed by atoms with Crippen molar-refractivity contribution in [2.45, 2.75) is 13.0 Å². The van der Waals surface area contributed by atoms with E-state index in [2.05, 4.69) is 10.3 Å². The smallest absolute Gasteiger partial charge is 0.263 e. The fraction of sp³-hybridized carbons (Fsp3) is 0.556. The van der Waals surface area contributed by atoms with Gasteiger partial charge in [0.1, 0.15) is 4.88 Å². The molecule has 1 unspecified atom stereocenters. The van der Waals surface area contributed by atoms with Crippen LogP contribution in [0.2, 0.25) is 0 Å². The predicted octanol–water partition coefficient (Wildman–Crippen LogP) is 1.44. The molecule has 15 heavy (non-hydrogen) atoms. The average molecular weight is 249 g/mol. The van der Waals surface area contributed by atoms with Gasteiger partial charge >= 0.3 is 0 Å². The van der Waals surface area contributed by atoms with Crippen molar-refractivity contribution >= 4 is 28.8 Å². The summed E-state index contributed by atoms with van der Waals surface area (Å²) in [5, 5.41) is 2.79. The van der Waals surface area contributed by atoms with E-state index < -0.39 is 0 Å². The first kappa shape index (κ1) is 12.4. The van der Waals surface area contributed by atoms with Crippen molar-refractivity contribution < 1.29 is 9.53 Å². The highest BCUT2D eigenvalue weighted by molar-refractivity contribution is 7.11. The number of halogens is 1. The van der Waals surface area contributed by atoms with Crippen LogP contribution in [0.15, 0.2) is 5.51 Å². The van der Waals surface area contributed by atoms with Crippen molar-refractivity contribution in [3.63, 3.8) is 0 Å². The summed E-state index contributed by atoms with van der Waals surface area (Å²) in [4.78, 5) is 16.4. The molecule has 1 N–H and O–H groups in total. The van der Waals surface area contributed by atoms with Crippen molar-refractivity contribution in [2.24, 2.45) is 0 Å². The highest BCUT2D eigenvalue weighted by Gasteiger charge is 2.15. The molecule has 1 heterocycles. The zero-order chi connectivity index (χ0) is 11.3. The highest BCUT2D eigenvalue weighted by atomic mass is 35.5. The van der Waals surface area contributed by atoms with Crippen LogP contribution in [0.25, 0.3) is 0 Å². The Hall–Kier alpha value is -0.650. The maximum atomic E-state index is 11.7. The molecule has 6 heteroatoms. The topological polar surface area (TPSA) is 51.2 Å². The molecule has 1 amide bonds. The summed E-state index contributed by atoms with van der Waals surface area (Å²) < 4.78 is 4.93. The third kappa shape index (κ3) is 3.44. The number of nitrogens with zero attached hydrogens (tertiary/aromatic N) is 1. The van der Waals surface area contributed by atoms with Crippen molar-refractivity contribution in [1.82, 2.24) is 10.3 Å². The minimum Gasteiger partial charge on any atom is -0.383 e. The summed E-state index contributed by atoms with van der Waals surface area (Å²) >= 11 is 7.01. The van der Waals surface area contributed by atoms with Crippen molar-refractivity contribution in [1.29, 1.82) is 0 Å². The van der Waals surface area contributed by atoms with Gasteiger partial charge in [0.25, 0.3) is 5.91 Å². The Morgan fingerprint density at radius 1 is 1.80 bits per heavy atom. The Bertz CT molecular complexity index is 330. The first-order chi connectivity index (χ1) is 7.19. The molecule has 1 rings (SSSR count). The zero-order valence-electron chi connectivity index (χ0n) is 8.62. The van der Waals surface area contributed by atoms with Crippen LogP contribution in [-0.2, 0) is 4.74 Å². The van der Waals surface area contributed by atoms with E-state index in [1.807, 2.05) is 0 Å². The SMILES string of the molecule is COCC(CCl)NC(=O)c1scnc1C. The Morgan fingerprint density at radius 3 is 3.00 bits per heavy atom. The van der Waals surface area contributed by atoms with Crippen LogP contribution >= 0.6 is 22.9 Å². The van der Waals surface area contributed by atoms with Crippen molar-refractivity contribution in [3.05, 3.63) is 16.1 Å². The Labute approximate surface area is 97.6 Å². The van der Waals surface area contributed by atoms with Gasteiger partial charge in [-0.3, -0.25) is 4.79 Å².